The van der Waals surface area contributed by atoms with Gasteiger partial charge >= 0.3 is 5.97 Å². The van der Waals surface area contributed by atoms with Gasteiger partial charge in [-0.3, -0.25) is 9.78 Å². The van der Waals surface area contributed by atoms with E-state index in [1.807, 2.05) is 30.3 Å². The fraction of sp³-hybridized carbons (Fsp3) is 0.105. The van der Waals surface area contributed by atoms with Crippen molar-refractivity contribution in [1.82, 2.24) is 4.98 Å². The lowest BCUT2D eigenvalue weighted by Gasteiger charge is -2.14. The maximum absolute atomic E-state index is 12.4. The molecule has 0 bridgehead atoms. The first kappa shape index (κ1) is 17.3. The maximum Gasteiger partial charge on any atom is 0.338 e. The second-order valence-corrected chi connectivity index (χ2v) is 6.66. The quantitative estimate of drug-likeness (QED) is 0.486. The third-order valence-corrected chi connectivity index (χ3v) is 4.36. The Labute approximate surface area is 158 Å². The third kappa shape index (κ3) is 4.14. The minimum absolute atomic E-state index is 0.393. The van der Waals surface area contributed by atoms with E-state index in [1.54, 1.807) is 37.4 Å². The van der Waals surface area contributed by atoms with Gasteiger partial charge in [0, 0.05) is 15.2 Å². The van der Waals surface area contributed by atoms with Crippen molar-refractivity contribution in [2.45, 2.75) is 13.0 Å². The summed E-state index contributed by atoms with van der Waals surface area (Å²) in [5.41, 5.74) is 1.83. The highest BCUT2D eigenvalue weighted by Crippen LogP contribution is 2.21. The molecule has 2 aromatic carbocycles. The number of hydrogen-bond acceptors (Lipinski definition) is 4. The zero-order chi connectivity index (χ0) is 17.8. The van der Waals surface area contributed by atoms with Gasteiger partial charge < -0.3 is 10.1 Å². The number of amides is 1. The largest absolute Gasteiger partial charge is 0.449 e. The molecule has 0 saturated carbocycles. The van der Waals surface area contributed by atoms with E-state index >= 15 is 0 Å². The summed E-state index contributed by atoms with van der Waals surface area (Å²) in [7, 11) is 0. The predicted octanol–water partition coefficient (Wildman–Crippen LogP) is 4.02. The summed E-state index contributed by atoms with van der Waals surface area (Å²) in [4.78, 5) is 28.7. The molecule has 6 heteroatoms. The molecule has 1 heterocycles. The van der Waals surface area contributed by atoms with Gasteiger partial charge in [-0.15, -0.1) is 0 Å². The van der Waals surface area contributed by atoms with Crippen LogP contribution >= 0.6 is 22.6 Å². The second kappa shape index (κ2) is 7.60. The van der Waals surface area contributed by atoms with Crippen LogP contribution in [0.1, 0.15) is 17.3 Å². The molecule has 1 amide bonds. The van der Waals surface area contributed by atoms with Crippen LogP contribution in [0.3, 0.4) is 0 Å². The Kier molecular flexibility index (Phi) is 5.28. The van der Waals surface area contributed by atoms with E-state index in [9.17, 15) is 9.59 Å². The number of nitrogens with one attached hydrogen (secondary N) is 1. The summed E-state index contributed by atoms with van der Waals surface area (Å²) in [6.07, 6.45) is 0.776. The molecule has 126 valence electrons. The van der Waals surface area contributed by atoms with Gasteiger partial charge in [0.15, 0.2) is 6.10 Å². The first-order chi connectivity index (χ1) is 12.0. The van der Waals surface area contributed by atoms with E-state index in [4.69, 9.17) is 4.74 Å². The second-order valence-electron chi connectivity index (χ2n) is 5.42. The highest BCUT2D eigenvalue weighted by molar-refractivity contribution is 14.1. The summed E-state index contributed by atoms with van der Waals surface area (Å²) in [5.74, 6) is -0.922. The van der Waals surface area contributed by atoms with Crippen molar-refractivity contribution >= 4 is 51.1 Å². The van der Waals surface area contributed by atoms with Crippen LogP contribution in [0.4, 0.5) is 5.69 Å². The highest BCUT2D eigenvalue weighted by Gasteiger charge is 2.19. The molecule has 0 aliphatic rings. The van der Waals surface area contributed by atoms with Gasteiger partial charge in [-0.05, 0) is 78.0 Å². The number of ether oxygens (including phenoxy) is 1. The minimum atomic E-state index is -0.918. The Morgan fingerprint density at radius 3 is 2.60 bits per heavy atom. The Bertz CT molecular complexity index is 920. The van der Waals surface area contributed by atoms with Gasteiger partial charge in [0.1, 0.15) is 0 Å². The molecule has 0 aliphatic heterocycles. The zero-order valence-corrected chi connectivity index (χ0v) is 15.6. The molecule has 0 aliphatic carbocycles. The topological polar surface area (TPSA) is 68.3 Å². The van der Waals surface area contributed by atoms with Crippen LogP contribution in [-0.4, -0.2) is 23.0 Å². The van der Waals surface area contributed by atoms with Crippen molar-refractivity contribution in [2.75, 3.05) is 5.32 Å². The van der Waals surface area contributed by atoms with E-state index in [-0.39, 0.29) is 0 Å². The van der Waals surface area contributed by atoms with Crippen LogP contribution in [0.5, 0.6) is 0 Å². The van der Waals surface area contributed by atoms with Gasteiger partial charge in [0.05, 0.1) is 16.8 Å². The molecule has 0 fully saturated rings. The van der Waals surface area contributed by atoms with Crippen LogP contribution in [-0.2, 0) is 9.53 Å². The summed E-state index contributed by atoms with van der Waals surface area (Å²) in [5, 5.41) is 3.62. The summed E-state index contributed by atoms with van der Waals surface area (Å²) < 4.78 is 6.27. The number of nitrogens with zero attached hydrogens (tertiary/aromatic N) is 1. The zero-order valence-electron chi connectivity index (χ0n) is 13.4. The lowest BCUT2D eigenvalue weighted by molar-refractivity contribution is -0.123. The fourth-order valence-electron chi connectivity index (χ4n) is 2.31. The Morgan fingerprint density at radius 1 is 1.08 bits per heavy atom. The van der Waals surface area contributed by atoms with Gasteiger partial charge in [-0.1, -0.05) is 6.07 Å². The molecule has 0 spiro atoms. The number of anilines is 1. The molecule has 3 rings (SSSR count). The van der Waals surface area contributed by atoms with Gasteiger partial charge in [-0.25, -0.2) is 4.79 Å². The van der Waals surface area contributed by atoms with Crippen molar-refractivity contribution in [3.8, 4) is 0 Å². The fourth-order valence-corrected chi connectivity index (χ4v) is 2.67. The monoisotopic (exact) mass is 446 g/mol. The normalized spacial score (nSPS) is 11.8. The lowest BCUT2D eigenvalue weighted by Crippen LogP contribution is -2.30. The van der Waals surface area contributed by atoms with Crippen LogP contribution in [0.25, 0.3) is 10.9 Å². The van der Waals surface area contributed by atoms with Crippen molar-refractivity contribution in [1.29, 1.82) is 0 Å². The predicted molar refractivity (Wildman–Crippen MR) is 104 cm³/mol. The Morgan fingerprint density at radius 2 is 1.84 bits per heavy atom. The van der Waals surface area contributed by atoms with Crippen molar-refractivity contribution < 1.29 is 14.3 Å². The number of fused-ring (bicyclic) bond motifs is 1. The molecule has 1 N–H and O–H groups in total. The van der Waals surface area contributed by atoms with Crippen LogP contribution in [0.2, 0.25) is 0 Å². The number of rotatable bonds is 4. The molecule has 5 nitrogen and oxygen atoms in total. The molecule has 0 radical (unpaired) electrons. The van der Waals surface area contributed by atoms with Crippen LogP contribution < -0.4 is 5.32 Å². The molecule has 1 aromatic heterocycles. The van der Waals surface area contributed by atoms with Crippen LogP contribution in [0.15, 0.2) is 60.8 Å². The van der Waals surface area contributed by atoms with E-state index < -0.39 is 18.0 Å². The summed E-state index contributed by atoms with van der Waals surface area (Å²) in [6.45, 7) is 1.54. The van der Waals surface area contributed by atoms with Crippen molar-refractivity contribution in [3.63, 3.8) is 0 Å². The average Bonchev–Trinajstić information content (AvgIpc) is 2.62. The minimum Gasteiger partial charge on any atom is -0.449 e. The standard InChI is InChI=1S/C19H15IN2O3/c1-12(25-19(24)13-7-9-14(20)10-8-13)18(23)22-17-6-2-5-16-15(17)4-3-11-21-16/h2-12H,1H3,(H,22,23). The Hall–Kier alpha value is -2.48. The summed E-state index contributed by atoms with van der Waals surface area (Å²) in [6, 6.07) is 16.1. The number of pyridine rings is 1. The number of aromatic nitrogens is 1. The molecule has 0 saturated heterocycles. The number of esters is 1. The first-order valence-electron chi connectivity index (χ1n) is 7.66. The number of hydrogen-bond donors (Lipinski definition) is 1. The number of halogens is 1. The smallest absolute Gasteiger partial charge is 0.338 e. The molecule has 25 heavy (non-hydrogen) atoms. The average molecular weight is 446 g/mol. The molecule has 3 aromatic rings. The SMILES string of the molecule is CC(OC(=O)c1ccc(I)cc1)C(=O)Nc1cccc2ncccc12. The van der Waals surface area contributed by atoms with E-state index in [0.29, 0.717) is 11.3 Å². The molecule has 1 atom stereocenters. The third-order valence-electron chi connectivity index (χ3n) is 3.64. The number of carbonyl (C=O) groups excluding carboxylic acids is 2. The van der Waals surface area contributed by atoms with Crippen molar-refractivity contribution in [2.24, 2.45) is 0 Å². The van der Waals surface area contributed by atoms with Crippen molar-refractivity contribution in [3.05, 3.63) is 69.9 Å². The first-order valence-corrected chi connectivity index (χ1v) is 8.73. The van der Waals surface area contributed by atoms with Gasteiger partial charge in [-0.2, -0.15) is 0 Å². The van der Waals surface area contributed by atoms with Gasteiger partial charge in [0.25, 0.3) is 5.91 Å². The summed E-state index contributed by atoms with van der Waals surface area (Å²) >= 11 is 2.15. The number of benzene rings is 2. The van der Waals surface area contributed by atoms with E-state index in [1.165, 1.54) is 0 Å². The highest BCUT2D eigenvalue weighted by atomic mass is 127. The van der Waals surface area contributed by atoms with Gasteiger partial charge in [0.2, 0.25) is 0 Å². The Balaban J connectivity index is 1.70. The molecular weight excluding hydrogens is 431 g/mol. The lowest BCUT2D eigenvalue weighted by atomic mass is 10.1. The number of carbonyl (C=O) groups is 2. The molecular formula is C19H15IN2O3. The van der Waals surface area contributed by atoms with E-state index in [2.05, 4.69) is 32.9 Å². The van der Waals surface area contributed by atoms with Crippen LogP contribution in [0, 0.1) is 3.57 Å². The molecule has 1 unspecified atom stereocenters. The van der Waals surface area contributed by atoms with E-state index in [0.717, 1.165) is 14.5 Å². The maximum atomic E-state index is 12.4.